The summed E-state index contributed by atoms with van der Waals surface area (Å²) in [5.74, 6) is 0.0506. The van der Waals surface area contributed by atoms with Crippen molar-refractivity contribution < 1.29 is 14.3 Å². The van der Waals surface area contributed by atoms with Gasteiger partial charge in [-0.3, -0.25) is 4.79 Å². The van der Waals surface area contributed by atoms with E-state index in [4.69, 9.17) is 4.74 Å². The van der Waals surface area contributed by atoms with Crippen molar-refractivity contribution >= 4 is 29.3 Å². The van der Waals surface area contributed by atoms with E-state index in [1.54, 1.807) is 42.1 Å². The van der Waals surface area contributed by atoms with E-state index in [1.165, 1.54) is 5.56 Å². The number of esters is 1. The average Bonchev–Trinajstić information content (AvgIpc) is 2.72. The molecule has 154 valence electrons. The molecule has 3 aromatic rings. The molecule has 0 bridgehead atoms. The van der Waals surface area contributed by atoms with Crippen molar-refractivity contribution in [1.82, 2.24) is 0 Å². The molecule has 0 aliphatic carbocycles. The number of amides is 1. The fourth-order valence-electron chi connectivity index (χ4n) is 2.75. The summed E-state index contributed by atoms with van der Waals surface area (Å²) in [7, 11) is 0. The van der Waals surface area contributed by atoms with Gasteiger partial charge in [-0.25, -0.2) is 4.79 Å². The fourth-order valence-corrected chi connectivity index (χ4v) is 3.64. The molecule has 0 heterocycles. The van der Waals surface area contributed by atoms with Gasteiger partial charge in [0.15, 0.2) is 0 Å². The van der Waals surface area contributed by atoms with Crippen LogP contribution >= 0.6 is 11.8 Å². The number of nitrogens with one attached hydrogen (secondary N) is 1. The van der Waals surface area contributed by atoms with Crippen molar-refractivity contribution in [3.8, 4) is 0 Å². The lowest BCUT2D eigenvalue weighted by atomic mass is 10.1. The lowest BCUT2D eigenvalue weighted by Crippen LogP contribution is -2.25. The fraction of sp³-hybridized carbons (Fsp3) is 0.200. The van der Waals surface area contributed by atoms with Crippen LogP contribution < -0.4 is 5.32 Å². The first-order chi connectivity index (χ1) is 14.3. The highest BCUT2D eigenvalue weighted by Gasteiger charge is 2.22. The molecule has 3 rings (SSSR count). The van der Waals surface area contributed by atoms with Gasteiger partial charge in [-0.15, -0.1) is 11.8 Å². The molecule has 1 amide bonds. The second kappa shape index (κ2) is 9.63. The molecule has 1 N–H and O–H groups in total. The van der Waals surface area contributed by atoms with Gasteiger partial charge in [0.05, 0.1) is 11.3 Å². The Kier molecular flexibility index (Phi) is 6.95. The molecule has 30 heavy (non-hydrogen) atoms. The standard InChI is InChI=1S/C25H25NO3S/c1-25(2,3)29-24(28)21-15-14-20(30-17-18-10-6-4-7-11-18)16-22(21)26-23(27)19-12-8-5-9-13-19/h4-16H,17H2,1-3H3,(H,26,27). The molecule has 0 radical (unpaired) electrons. The van der Waals surface area contributed by atoms with Crippen LogP contribution in [0.1, 0.15) is 47.1 Å². The van der Waals surface area contributed by atoms with Gasteiger partial charge in [0.25, 0.3) is 5.91 Å². The van der Waals surface area contributed by atoms with Gasteiger partial charge in [0, 0.05) is 16.2 Å². The molecular formula is C25H25NO3S. The Morgan fingerprint density at radius 2 is 1.53 bits per heavy atom. The smallest absolute Gasteiger partial charge is 0.340 e. The molecule has 4 nitrogen and oxygen atoms in total. The second-order valence-electron chi connectivity index (χ2n) is 7.80. The van der Waals surface area contributed by atoms with Crippen molar-refractivity contribution in [3.05, 3.63) is 95.6 Å². The average molecular weight is 420 g/mol. The van der Waals surface area contributed by atoms with Gasteiger partial charge in [0.2, 0.25) is 0 Å². The van der Waals surface area contributed by atoms with E-state index in [0.29, 0.717) is 16.8 Å². The molecule has 3 aromatic carbocycles. The Morgan fingerprint density at radius 3 is 2.17 bits per heavy atom. The Labute approximate surface area is 181 Å². The van der Waals surface area contributed by atoms with Crippen LogP contribution in [0.2, 0.25) is 0 Å². The molecule has 0 saturated carbocycles. The van der Waals surface area contributed by atoms with Crippen molar-refractivity contribution in [2.24, 2.45) is 0 Å². The first-order valence-electron chi connectivity index (χ1n) is 9.72. The summed E-state index contributed by atoms with van der Waals surface area (Å²) >= 11 is 1.64. The number of carbonyl (C=O) groups excluding carboxylic acids is 2. The van der Waals surface area contributed by atoms with Gasteiger partial charge in [-0.2, -0.15) is 0 Å². The molecule has 0 spiro atoms. The zero-order valence-corrected chi connectivity index (χ0v) is 18.2. The van der Waals surface area contributed by atoms with Crippen LogP contribution in [-0.2, 0) is 10.5 Å². The topological polar surface area (TPSA) is 55.4 Å². The van der Waals surface area contributed by atoms with E-state index < -0.39 is 11.6 Å². The van der Waals surface area contributed by atoms with Crippen molar-refractivity contribution in [2.45, 2.75) is 37.0 Å². The summed E-state index contributed by atoms with van der Waals surface area (Å²) in [5, 5.41) is 2.88. The van der Waals surface area contributed by atoms with Crippen LogP contribution in [0.5, 0.6) is 0 Å². The molecule has 0 unspecified atom stereocenters. The van der Waals surface area contributed by atoms with Crippen LogP contribution in [0.3, 0.4) is 0 Å². The number of ether oxygens (including phenoxy) is 1. The van der Waals surface area contributed by atoms with Crippen molar-refractivity contribution in [1.29, 1.82) is 0 Å². The summed E-state index contributed by atoms with van der Waals surface area (Å²) in [6.07, 6.45) is 0. The van der Waals surface area contributed by atoms with E-state index in [-0.39, 0.29) is 5.91 Å². The van der Waals surface area contributed by atoms with Crippen LogP contribution in [-0.4, -0.2) is 17.5 Å². The van der Waals surface area contributed by atoms with Gasteiger partial charge < -0.3 is 10.1 Å². The minimum Gasteiger partial charge on any atom is -0.456 e. The van der Waals surface area contributed by atoms with Gasteiger partial charge in [0.1, 0.15) is 5.60 Å². The number of carbonyl (C=O) groups is 2. The van der Waals surface area contributed by atoms with Gasteiger partial charge in [-0.05, 0) is 56.7 Å². The van der Waals surface area contributed by atoms with Crippen molar-refractivity contribution in [3.63, 3.8) is 0 Å². The number of hydrogen-bond acceptors (Lipinski definition) is 4. The lowest BCUT2D eigenvalue weighted by molar-refractivity contribution is 0.00707. The third-order valence-corrected chi connectivity index (χ3v) is 5.21. The summed E-state index contributed by atoms with van der Waals surface area (Å²) < 4.78 is 5.52. The molecule has 0 aliphatic heterocycles. The monoisotopic (exact) mass is 419 g/mol. The molecule has 0 aliphatic rings. The summed E-state index contributed by atoms with van der Waals surface area (Å²) in [4.78, 5) is 26.4. The quantitative estimate of drug-likeness (QED) is 0.382. The largest absolute Gasteiger partial charge is 0.456 e. The van der Waals surface area contributed by atoms with Gasteiger partial charge >= 0.3 is 5.97 Å². The number of thioether (sulfide) groups is 1. The van der Waals surface area contributed by atoms with Crippen LogP contribution in [0.25, 0.3) is 0 Å². The number of benzene rings is 3. The highest BCUT2D eigenvalue weighted by Crippen LogP contribution is 2.29. The Morgan fingerprint density at radius 1 is 0.900 bits per heavy atom. The van der Waals surface area contributed by atoms with E-state index in [2.05, 4.69) is 17.4 Å². The second-order valence-corrected chi connectivity index (χ2v) is 8.85. The minimum absolute atomic E-state index is 0.273. The van der Waals surface area contributed by atoms with E-state index in [0.717, 1.165) is 10.6 Å². The molecule has 0 saturated heterocycles. The van der Waals surface area contributed by atoms with Gasteiger partial charge in [-0.1, -0.05) is 48.5 Å². The Bertz CT molecular complexity index is 1010. The first kappa shape index (κ1) is 21.7. The third-order valence-electron chi connectivity index (χ3n) is 4.14. The maximum Gasteiger partial charge on any atom is 0.340 e. The molecule has 0 fully saturated rings. The highest BCUT2D eigenvalue weighted by atomic mass is 32.2. The number of rotatable bonds is 6. The van der Waals surface area contributed by atoms with E-state index in [9.17, 15) is 9.59 Å². The highest BCUT2D eigenvalue weighted by molar-refractivity contribution is 7.98. The predicted molar refractivity (Wildman–Crippen MR) is 122 cm³/mol. The predicted octanol–water partition coefficient (Wildman–Crippen LogP) is 6.19. The van der Waals surface area contributed by atoms with Crippen LogP contribution in [0, 0.1) is 0 Å². The van der Waals surface area contributed by atoms with Crippen LogP contribution in [0.15, 0.2) is 83.8 Å². The lowest BCUT2D eigenvalue weighted by Gasteiger charge is -2.21. The summed E-state index contributed by atoms with van der Waals surface area (Å²) in [6, 6.07) is 24.5. The minimum atomic E-state index is -0.626. The Balaban J connectivity index is 1.86. The third kappa shape index (κ3) is 6.22. The van der Waals surface area contributed by atoms with E-state index >= 15 is 0 Å². The summed E-state index contributed by atoms with van der Waals surface area (Å²) in [5.41, 5.74) is 1.87. The SMILES string of the molecule is CC(C)(C)OC(=O)c1ccc(SCc2ccccc2)cc1NC(=O)c1ccccc1. The molecule has 0 atom stereocenters. The summed E-state index contributed by atoms with van der Waals surface area (Å²) in [6.45, 7) is 5.45. The number of hydrogen-bond donors (Lipinski definition) is 1. The maximum absolute atomic E-state index is 12.7. The van der Waals surface area contributed by atoms with Crippen molar-refractivity contribution in [2.75, 3.05) is 5.32 Å². The van der Waals surface area contributed by atoms with Crippen LogP contribution in [0.4, 0.5) is 5.69 Å². The molecule has 5 heteroatoms. The Hall–Kier alpha value is -3.05. The first-order valence-corrected chi connectivity index (χ1v) is 10.7. The number of anilines is 1. The zero-order chi connectivity index (χ0) is 21.6. The molecule has 0 aromatic heterocycles. The molecular weight excluding hydrogens is 394 g/mol. The van der Waals surface area contributed by atoms with E-state index in [1.807, 2.05) is 57.2 Å². The zero-order valence-electron chi connectivity index (χ0n) is 17.3. The normalized spacial score (nSPS) is 11.0. The maximum atomic E-state index is 12.7.